The van der Waals surface area contributed by atoms with Gasteiger partial charge in [-0.05, 0) is 17.7 Å². The first kappa shape index (κ1) is 12.7. The number of rotatable bonds is 1. The molecule has 0 spiro atoms. The molecule has 0 bridgehead atoms. The zero-order chi connectivity index (χ0) is 14.3. The number of fused-ring (bicyclic) bond motifs is 1. The van der Waals surface area contributed by atoms with Gasteiger partial charge in [0.05, 0.1) is 11.3 Å². The average molecular weight is 281 g/mol. The second-order valence-electron chi connectivity index (χ2n) is 4.58. The molecule has 7 heteroatoms. The van der Waals surface area contributed by atoms with Crippen molar-refractivity contribution in [3.8, 4) is 0 Å². The fourth-order valence-corrected chi connectivity index (χ4v) is 2.46. The van der Waals surface area contributed by atoms with Crippen molar-refractivity contribution in [1.29, 1.82) is 0 Å². The molecule has 1 amide bonds. The predicted octanol–water partition coefficient (Wildman–Crippen LogP) is 2.90. The van der Waals surface area contributed by atoms with Crippen molar-refractivity contribution < 1.29 is 18.0 Å². The third-order valence-electron chi connectivity index (χ3n) is 3.33. The smallest absolute Gasteiger partial charge is 0.325 e. The summed E-state index contributed by atoms with van der Waals surface area (Å²) in [5.41, 5.74) is 0.0903. The minimum Gasteiger partial charge on any atom is -0.325 e. The van der Waals surface area contributed by atoms with Gasteiger partial charge >= 0.3 is 6.18 Å². The van der Waals surface area contributed by atoms with Crippen LogP contribution >= 0.6 is 0 Å². The first-order chi connectivity index (χ1) is 9.47. The normalized spacial score (nSPS) is 18.6. The maximum atomic E-state index is 13.0. The van der Waals surface area contributed by atoms with Gasteiger partial charge in [-0.3, -0.25) is 9.89 Å². The van der Waals surface area contributed by atoms with Crippen molar-refractivity contribution in [3.05, 3.63) is 47.3 Å². The molecule has 1 aliphatic heterocycles. The van der Waals surface area contributed by atoms with Crippen molar-refractivity contribution in [1.82, 2.24) is 10.2 Å². The standard InChI is InChI=1S/C13H10F3N3O/c14-13(15,16)9-3-1-2-7-8(10-4-5-17-19-10)6-11(20)18-12(7)9/h1-5,8H,6H2,(H,17,19)(H,18,20). The number of nitrogens with one attached hydrogen (secondary N) is 2. The van der Waals surface area contributed by atoms with Gasteiger partial charge in [0.25, 0.3) is 0 Å². The summed E-state index contributed by atoms with van der Waals surface area (Å²) in [5.74, 6) is -0.877. The second-order valence-corrected chi connectivity index (χ2v) is 4.58. The van der Waals surface area contributed by atoms with Crippen LogP contribution in [0.3, 0.4) is 0 Å². The van der Waals surface area contributed by atoms with Crippen LogP contribution in [0.1, 0.15) is 29.2 Å². The number of para-hydroxylation sites is 1. The fraction of sp³-hybridized carbons (Fsp3) is 0.231. The van der Waals surface area contributed by atoms with Gasteiger partial charge in [0.15, 0.2) is 0 Å². The average Bonchev–Trinajstić information content (AvgIpc) is 2.89. The van der Waals surface area contributed by atoms with Gasteiger partial charge < -0.3 is 5.32 Å². The van der Waals surface area contributed by atoms with E-state index in [1.165, 1.54) is 12.3 Å². The van der Waals surface area contributed by atoms with E-state index in [-0.39, 0.29) is 12.1 Å². The molecule has 2 aromatic rings. The highest BCUT2D eigenvalue weighted by Crippen LogP contribution is 2.43. The molecule has 2 heterocycles. The number of carbonyl (C=O) groups excluding carboxylic acids is 1. The third-order valence-corrected chi connectivity index (χ3v) is 3.33. The molecule has 2 N–H and O–H groups in total. The number of anilines is 1. The number of H-pyrrole nitrogens is 1. The number of hydrogen-bond acceptors (Lipinski definition) is 2. The Hall–Kier alpha value is -2.31. The highest BCUT2D eigenvalue weighted by Gasteiger charge is 2.38. The lowest BCUT2D eigenvalue weighted by atomic mass is 9.86. The van der Waals surface area contributed by atoms with E-state index >= 15 is 0 Å². The lowest BCUT2D eigenvalue weighted by molar-refractivity contribution is -0.137. The summed E-state index contributed by atoms with van der Waals surface area (Å²) in [5, 5.41) is 8.84. The number of hydrogen-bond donors (Lipinski definition) is 2. The maximum absolute atomic E-state index is 13.0. The van der Waals surface area contributed by atoms with Crippen molar-refractivity contribution in [2.45, 2.75) is 18.5 Å². The van der Waals surface area contributed by atoms with Crippen LogP contribution < -0.4 is 5.32 Å². The molecule has 3 rings (SSSR count). The summed E-state index contributed by atoms with van der Waals surface area (Å²) in [7, 11) is 0. The summed E-state index contributed by atoms with van der Waals surface area (Å²) in [6.07, 6.45) is -2.90. The van der Waals surface area contributed by atoms with E-state index in [9.17, 15) is 18.0 Å². The number of nitrogens with zero attached hydrogens (tertiary/aromatic N) is 1. The molecule has 1 aromatic heterocycles. The number of benzene rings is 1. The quantitative estimate of drug-likeness (QED) is 0.844. The number of alkyl halides is 3. The molecule has 1 aliphatic rings. The molecule has 0 saturated carbocycles. The molecule has 104 valence electrons. The minimum atomic E-state index is -4.51. The largest absolute Gasteiger partial charge is 0.418 e. The first-order valence-electron chi connectivity index (χ1n) is 5.96. The highest BCUT2D eigenvalue weighted by atomic mass is 19.4. The molecule has 1 atom stereocenters. The lowest BCUT2D eigenvalue weighted by Crippen LogP contribution is -2.26. The Bertz CT molecular complexity index is 649. The molecule has 0 saturated heterocycles. The van der Waals surface area contributed by atoms with Crippen molar-refractivity contribution in [2.24, 2.45) is 0 Å². The molecule has 1 unspecified atom stereocenters. The van der Waals surface area contributed by atoms with E-state index in [0.717, 1.165) is 6.07 Å². The van der Waals surface area contributed by atoms with E-state index in [2.05, 4.69) is 15.5 Å². The second kappa shape index (κ2) is 4.36. The van der Waals surface area contributed by atoms with Crippen LogP contribution in [-0.4, -0.2) is 16.1 Å². The Morgan fingerprint density at radius 1 is 1.25 bits per heavy atom. The summed E-state index contributed by atoms with van der Waals surface area (Å²) < 4.78 is 39.0. The van der Waals surface area contributed by atoms with Gasteiger partial charge in [-0.2, -0.15) is 18.3 Å². The van der Waals surface area contributed by atoms with Gasteiger partial charge in [-0.1, -0.05) is 12.1 Å². The molecule has 4 nitrogen and oxygen atoms in total. The van der Waals surface area contributed by atoms with E-state index in [0.29, 0.717) is 11.3 Å². The van der Waals surface area contributed by atoms with Crippen LogP contribution in [0, 0.1) is 0 Å². The number of amides is 1. The minimum absolute atomic E-state index is 0.0938. The number of aromatic amines is 1. The molecule has 1 aromatic carbocycles. The predicted molar refractivity (Wildman–Crippen MR) is 65.1 cm³/mol. The van der Waals surface area contributed by atoms with Crippen LogP contribution in [0.15, 0.2) is 30.5 Å². The maximum Gasteiger partial charge on any atom is 0.418 e. The summed E-state index contributed by atoms with van der Waals surface area (Å²) in [6, 6.07) is 5.57. The molecule has 0 aliphatic carbocycles. The number of aromatic nitrogens is 2. The summed E-state index contributed by atoms with van der Waals surface area (Å²) in [6.45, 7) is 0. The first-order valence-corrected chi connectivity index (χ1v) is 5.96. The zero-order valence-corrected chi connectivity index (χ0v) is 10.2. The molecular formula is C13H10F3N3O. The van der Waals surface area contributed by atoms with Gasteiger partial charge in [0, 0.05) is 24.2 Å². The van der Waals surface area contributed by atoms with E-state index < -0.39 is 23.6 Å². The topological polar surface area (TPSA) is 57.8 Å². The lowest BCUT2D eigenvalue weighted by Gasteiger charge is -2.27. The van der Waals surface area contributed by atoms with Gasteiger partial charge in [0.2, 0.25) is 5.91 Å². The summed E-state index contributed by atoms with van der Waals surface area (Å²) >= 11 is 0. The third kappa shape index (κ3) is 2.04. The Morgan fingerprint density at radius 2 is 2.05 bits per heavy atom. The van der Waals surface area contributed by atoms with Crippen LogP contribution in [-0.2, 0) is 11.0 Å². The van der Waals surface area contributed by atoms with E-state index in [1.807, 2.05) is 0 Å². The summed E-state index contributed by atoms with van der Waals surface area (Å²) in [4.78, 5) is 11.7. The van der Waals surface area contributed by atoms with Gasteiger partial charge in [-0.15, -0.1) is 0 Å². The van der Waals surface area contributed by atoms with E-state index in [1.54, 1.807) is 12.1 Å². The van der Waals surface area contributed by atoms with Gasteiger partial charge in [0.1, 0.15) is 0 Å². The van der Waals surface area contributed by atoms with Crippen molar-refractivity contribution in [3.63, 3.8) is 0 Å². The molecule has 0 fully saturated rings. The molecule has 0 radical (unpaired) electrons. The van der Waals surface area contributed by atoms with E-state index in [4.69, 9.17) is 0 Å². The Kier molecular flexibility index (Phi) is 2.77. The van der Waals surface area contributed by atoms with Crippen LogP contribution in [0.25, 0.3) is 0 Å². The highest BCUT2D eigenvalue weighted by molar-refractivity contribution is 5.96. The van der Waals surface area contributed by atoms with Crippen molar-refractivity contribution in [2.75, 3.05) is 5.32 Å². The van der Waals surface area contributed by atoms with Crippen LogP contribution in [0.5, 0.6) is 0 Å². The number of carbonyl (C=O) groups is 1. The van der Waals surface area contributed by atoms with Crippen LogP contribution in [0.4, 0.5) is 18.9 Å². The van der Waals surface area contributed by atoms with Gasteiger partial charge in [-0.25, -0.2) is 0 Å². The Labute approximate surface area is 112 Å². The number of halogens is 3. The molecule has 20 heavy (non-hydrogen) atoms. The van der Waals surface area contributed by atoms with Crippen molar-refractivity contribution >= 4 is 11.6 Å². The Morgan fingerprint density at radius 3 is 2.70 bits per heavy atom. The SMILES string of the molecule is O=C1CC(c2ccn[nH]2)c2cccc(C(F)(F)F)c2N1. The monoisotopic (exact) mass is 281 g/mol. The Balaban J connectivity index is 2.17. The molecular weight excluding hydrogens is 271 g/mol. The fourth-order valence-electron chi connectivity index (χ4n) is 2.46. The van der Waals surface area contributed by atoms with Crippen LogP contribution in [0.2, 0.25) is 0 Å². The zero-order valence-electron chi connectivity index (χ0n) is 10.2.